The minimum atomic E-state index is 0. The summed E-state index contributed by atoms with van der Waals surface area (Å²) in [6.45, 7) is 0. The zero-order valence-electron chi connectivity index (χ0n) is 6.70. The van der Waals surface area contributed by atoms with Crippen LogP contribution >= 0.6 is 0 Å². The van der Waals surface area contributed by atoms with Crippen LogP contribution in [0.4, 0.5) is 0 Å². The fourth-order valence-electron chi connectivity index (χ4n) is 1.06. The Kier molecular flexibility index (Phi) is 6.90. The van der Waals surface area contributed by atoms with Gasteiger partial charge >= 0.3 is 0 Å². The molecule has 0 aromatic carbocycles. The second-order valence-corrected chi connectivity index (χ2v) is 2.44. The molecule has 0 saturated heterocycles. The van der Waals surface area contributed by atoms with Crippen molar-refractivity contribution in [2.75, 3.05) is 0 Å². The first-order valence-electron chi connectivity index (χ1n) is 3.82. The second kappa shape index (κ2) is 7.38. The predicted octanol–water partition coefficient (Wildman–Crippen LogP) is 2.24. The standard InChI is InChI=1S/C5H10.C3H3NO.B/c1-2-4-5-3-1;1-2-5-3-4-1;/h1-5H2;1-3H;. The SMILES string of the molecule is C1CCCC1.[B].c1cocn1. The molecule has 0 N–H and O–H groups in total. The second-order valence-electron chi connectivity index (χ2n) is 2.44. The number of hydrogen-bond acceptors (Lipinski definition) is 2. The molecule has 0 aliphatic heterocycles. The van der Waals surface area contributed by atoms with Gasteiger partial charge in [0.05, 0.1) is 6.20 Å². The highest BCUT2D eigenvalue weighted by Gasteiger charge is 1.95. The normalized spacial score (nSPS) is 14.5. The van der Waals surface area contributed by atoms with Gasteiger partial charge in [-0.1, -0.05) is 32.1 Å². The van der Waals surface area contributed by atoms with Gasteiger partial charge < -0.3 is 4.42 Å². The topological polar surface area (TPSA) is 26.0 Å². The summed E-state index contributed by atoms with van der Waals surface area (Å²) in [5.41, 5.74) is 0. The lowest BCUT2D eigenvalue weighted by Gasteiger charge is -1.67. The van der Waals surface area contributed by atoms with Crippen molar-refractivity contribution in [3.63, 3.8) is 0 Å². The van der Waals surface area contributed by atoms with Crippen LogP contribution in [0.1, 0.15) is 32.1 Å². The zero-order valence-corrected chi connectivity index (χ0v) is 6.70. The molecule has 1 heterocycles. The molecule has 1 fully saturated rings. The molecule has 0 spiro atoms. The van der Waals surface area contributed by atoms with E-state index in [1.54, 1.807) is 6.20 Å². The van der Waals surface area contributed by atoms with Crippen molar-refractivity contribution >= 4 is 8.41 Å². The summed E-state index contributed by atoms with van der Waals surface area (Å²) in [5, 5.41) is 0. The smallest absolute Gasteiger partial charge is 0.180 e. The molecule has 0 amide bonds. The van der Waals surface area contributed by atoms with Gasteiger partial charge in [-0.3, -0.25) is 0 Å². The highest BCUT2D eigenvalue weighted by Crippen LogP contribution is 2.15. The van der Waals surface area contributed by atoms with Crippen molar-refractivity contribution < 1.29 is 4.42 Å². The highest BCUT2D eigenvalue weighted by atomic mass is 16.3. The number of aromatic nitrogens is 1. The van der Waals surface area contributed by atoms with Gasteiger partial charge in [-0.15, -0.1) is 0 Å². The third kappa shape index (κ3) is 5.71. The van der Waals surface area contributed by atoms with Crippen LogP contribution in [-0.4, -0.2) is 13.4 Å². The Hall–Kier alpha value is -0.725. The average Bonchev–Trinajstić information content (AvgIpc) is 2.67. The van der Waals surface area contributed by atoms with Crippen molar-refractivity contribution in [1.82, 2.24) is 4.98 Å². The Labute approximate surface area is 69.6 Å². The van der Waals surface area contributed by atoms with Gasteiger partial charge in [-0.25, -0.2) is 4.98 Å². The molecule has 0 bridgehead atoms. The summed E-state index contributed by atoms with van der Waals surface area (Å²) >= 11 is 0. The first-order chi connectivity index (χ1) is 5.00. The molecule has 0 atom stereocenters. The lowest BCUT2D eigenvalue weighted by atomic mass is 10.4. The summed E-state index contributed by atoms with van der Waals surface area (Å²) in [4.78, 5) is 3.56. The van der Waals surface area contributed by atoms with E-state index in [1.807, 2.05) is 0 Å². The monoisotopic (exact) mass is 150 g/mol. The van der Waals surface area contributed by atoms with Crippen LogP contribution < -0.4 is 0 Å². The van der Waals surface area contributed by atoms with E-state index >= 15 is 0 Å². The van der Waals surface area contributed by atoms with E-state index in [0.29, 0.717) is 0 Å². The quantitative estimate of drug-likeness (QED) is 0.530. The van der Waals surface area contributed by atoms with E-state index in [0.717, 1.165) is 0 Å². The van der Waals surface area contributed by atoms with E-state index in [9.17, 15) is 0 Å². The number of rotatable bonds is 0. The molecule has 1 aromatic rings. The molecule has 2 rings (SSSR count). The maximum atomic E-state index is 4.47. The van der Waals surface area contributed by atoms with E-state index in [2.05, 4.69) is 9.40 Å². The van der Waals surface area contributed by atoms with Crippen molar-refractivity contribution in [3.8, 4) is 0 Å². The van der Waals surface area contributed by atoms with Gasteiger partial charge in [-0.05, 0) is 0 Å². The first-order valence-corrected chi connectivity index (χ1v) is 3.82. The molecular formula is C8H13BNO. The Balaban J connectivity index is 0.000000167. The highest BCUT2D eigenvalue weighted by molar-refractivity contribution is 5.75. The maximum absolute atomic E-state index is 4.47. The van der Waals surface area contributed by atoms with Crippen molar-refractivity contribution in [3.05, 3.63) is 18.9 Å². The fraction of sp³-hybridized carbons (Fsp3) is 0.625. The van der Waals surface area contributed by atoms with Crippen LogP contribution in [0.25, 0.3) is 0 Å². The Morgan fingerprint density at radius 2 is 1.55 bits per heavy atom. The molecule has 11 heavy (non-hydrogen) atoms. The van der Waals surface area contributed by atoms with Crippen LogP contribution in [-0.2, 0) is 0 Å². The third-order valence-corrected chi connectivity index (χ3v) is 1.60. The van der Waals surface area contributed by atoms with Gasteiger partial charge in [0.2, 0.25) is 0 Å². The summed E-state index contributed by atoms with van der Waals surface area (Å²) in [6, 6.07) is 0. The lowest BCUT2D eigenvalue weighted by molar-refractivity contribution is 0.558. The molecule has 1 aliphatic rings. The lowest BCUT2D eigenvalue weighted by Crippen LogP contribution is -1.47. The largest absolute Gasteiger partial charge is 0.452 e. The van der Waals surface area contributed by atoms with Crippen molar-refractivity contribution in [2.45, 2.75) is 32.1 Å². The predicted molar refractivity (Wildman–Crippen MR) is 45.3 cm³/mol. The molecular weight excluding hydrogens is 137 g/mol. The summed E-state index contributed by atoms with van der Waals surface area (Å²) < 4.78 is 4.47. The fourth-order valence-corrected chi connectivity index (χ4v) is 1.06. The number of hydrogen-bond donors (Lipinski definition) is 0. The maximum Gasteiger partial charge on any atom is 0.180 e. The number of oxazole rings is 1. The Bertz CT molecular complexity index is 113. The first kappa shape index (κ1) is 10.3. The molecule has 1 saturated carbocycles. The Morgan fingerprint density at radius 1 is 1.00 bits per heavy atom. The third-order valence-electron chi connectivity index (χ3n) is 1.60. The van der Waals surface area contributed by atoms with Crippen LogP contribution in [0.15, 0.2) is 23.3 Å². The van der Waals surface area contributed by atoms with Crippen molar-refractivity contribution in [2.24, 2.45) is 0 Å². The van der Waals surface area contributed by atoms with Gasteiger partial charge in [0.15, 0.2) is 6.39 Å². The average molecular weight is 150 g/mol. The van der Waals surface area contributed by atoms with Gasteiger partial charge in [0.1, 0.15) is 6.26 Å². The van der Waals surface area contributed by atoms with Crippen LogP contribution in [0, 0.1) is 0 Å². The van der Waals surface area contributed by atoms with Gasteiger partial charge in [0.25, 0.3) is 0 Å². The van der Waals surface area contributed by atoms with Crippen LogP contribution in [0.2, 0.25) is 0 Å². The summed E-state index contributed by atoms with van der Waals surface area (Å²) in [5.74, 6) is 0. The molecule has 2 nitrogen and oxygen atoms in total. The van der Waals surface area contributed by atoms with Gasteiger partial charge in [0, 0.05) is 8.41 Å². The van der Waals surface area contributed by atoms with Crippen LogP contribution in [0.5, 0.6) is 0 Å². The minimum Gasteiger partial charge on any atom is -0.452 e. The molecule has 1 aromatic heterocycles. The molecule has 3 radical (unpaired) electrons. The molecule has 59 valence electrons. The van der Waals surface area contributed by atoms with E-state index in [-0.39, 0.29) is 8.41 Å². The zero-order chi connectivity index (χ0) is 7.07. The van der Waals surface area contributed by atoms with Gasteiger partial charge in [-0.2, -0.15) is 0 Å². The summed E-state index contributed by atoms with van der Waals surface area (Å²) in [7, 11) is 0. The number of nitrogens with zero attached hydrogens (tertiary/aromatic N) is 1. The molecule has 0 unspecified atom stereocenters. The Morgan fingerprint density at radius 3 is 1.73 bits per heavy atom. The minimum absolute atomic E-state index is 0. The van der Waals surface area contributed by atoms with Crippen molar-refractivity contribution in [1.29, 1.82) is 0 Å². The molecule has 3 heteroatoms. The van der Waals surface area contributed by atoms with Crippen LogP contribution in [0.3, 0.4) is 0 Å². The van der Waals surface area contributed by atoms with E-state index < -0.39 is 0 Å². The van der Waals surface area contributed by atoms with E-state index in [1.165, 1.54) is 44.8 Å². The summed E-state index contributed by atoms with van der Waals surface area (Å²) in [6.07, 6.45) is 12.0. The molecule has 1 aliphatic carbocycles. The van der Waals surface area contributed by atoms with E-state index in [4.69, 9.17) is 0 Å².